The van der Waals surface area contributed by atoms with Crippen molar-refractivity contribution in [3.63, 3.8) is 0 Å². The van der Waals surface area contributed by atoms with Gasteiger partial charge in [-0.2, -0.15) is 0 Å². The molecule has 0 saturated carbocycles. The summed E-state index contributed by atoms with van der Waals surface area (Å²) >= 11 is 0. The SMILES string of the molecule is CCOC(=O)C1=C(CN2CCN(Cc3ccccc3)CC2)N(C)C(=O)NC1c1cccc(OC)c1OC. The van der Waals surface area contributed by atoms with Crippen molar-refractivity contribution in [2.45, 2.75) is 19.5 Å². The highest BCUT2D eigenvalue weighted by Gasteiger charge is 2.39. The predicted octanol–water partition coefficient (Wildman–Crippen LogP) is 3.03. The van der Waals surface area contributed by atoms with E-state index >= 15 is 0 Å². The quantitative estimate of drug-likeness (QED) is 0.522. The summed E-state index contributed by atoms with van der Waals surface area (Å²) in [6.07, 6.45) is 0. The summed E-state index contributed by atoms with van der Waals surface area (Å²) in [5.41, 5.74) is 2.97. The normalized spacial score (nSPS) is 19.0. The van der Waals surface area contributed by atoms with Crippen LogP contribution in [0.4, 0.5) is 4.79 Å². The van der Waals surface area contributed by atoms with Crippen LogP contribution >= 0.6 is 0 Å². The van der Waals surface area contributed by atoms with Crippen LogP contribution in [0.1, 0.15) is 24.1 Å². The topological polar surface area (TPSA) is 83.6 Å². The molecule has 0 radical (unpaired) electrons. The molecule has 4 rings (SSSR count). The van der Waals surface area contributed by atoms with Crippen molar-refractivity contribution in [3.8, 4) is 11.5 Å². The zero-order valence-electron chi connectivity index (χ0n) is 22.0. The van der Waals surface area contributed by atoms with Gasteiger partial charge in [0.05, 0.1) is 32.4 Å². The number of piperazine rings is 1. The van der Waals surface area contributed by atoms with E-state index in [-0.39, 0.29) is 12.6 Å². The van der Waals surface area contributed by atoms with Crippen LogP contribution in [-0.2, 0) is 16.1 Å². The number of nitrogens with zero attached hydrogens (tertiary/aromatic N) is 3. The maximum absolute atomic E-state index is 13.3. The summed E-state index contributed by atoms with van der Waals surface area (Å²) in [6, 6.07) is 14.8. The minimum Gasteiger partial charge on any atom is -0.493 e. The van der Waals surface area contributed by atoms with Gasteiger partial charge in [0, 0.05) is 57.6 Å². The minimum atomic E-state index is -0.734. The lowest BCUT2D eigenvalue weighted by atomic mass is 9.93. The third kappa shape index (κ3) is 5.89. The second-order valence-corrected chi connectivity index (χ2v) is 9.14. The lowest BCUT2D eigenvalue weighted by molar-refractivity contribution is -0.139. The first-order chi connectivity index (χ1) is 18.0. The van der Waals surface area contributed by atoms with E-state index in [9.17, 15) is 9.59 Å². The van der Waals surface area contributed by atoms with E-state index in [0.717, 1.165) is 32.7 Å². The first-order valence-corrected chi connectivity index (χ1v) is 12.6. The van der Waals surface area contributed by atoms with Crippen LogP contribution < -0.4 is 14.8 Å². The zero-order valence-corrected chi connectivity index (χ0v) is 22.0. The number of esters is 1. The van der Waals surface area contributed by atoms with Gasteiger partial charge in [-0.3, -0.25) is 14.7 Å². The standard InChI is InChI=1S/C28H36N4O5/c1-5-37-27(33)24-22(19-32-16-14-31(15-17-32)18-20-10-7-6-8-11-20)30(2)28(34)29-25(24)21-12-9-13-23(35-3)26(21)36-4/h6-13,25H,5,14-19H2,1-4H3,(H,29,34). The first kappa shape index (κ1) is 26.5. The molecule has 9 heteroatoms. The molecule has 0 aliphatic carbocycles. The van der Waals surface area contributed by atoms with E-state index < -0.39 is 12.0 Å². The van der Waals surface area contributed by atoms with Gasteiger partial charge < -0.3 is 19.5 Å². The largest absolute Gasteiger partial charge is 0.493 e. The number of nitrogens with one attached hydrogen (secondary N) is 1. The second-order valence-electron chi connectivity index (χ2n) is 9.14. The van der Waals surface area contributed by atoms with Gasteiger partial charge >= 0.3 is 12.0 Å². The maximum Gasteiger partial charge on any atom is 0.338 e. The highest BCUT2D eigenvalue weighted by atomic mass is 16.5. The number of methoxy groups -OCH3 is 2. The predicted molar refractivity (Wildman–Crippen MR) is 140 cm³/mol. The van der Waals surface area contributed by atoms with Crippen molar-refractivity contribution < 1.29 is 23.8 Å². The Morgan fingerprint density at radius 3 is 2.24 bits per heavy atom. The average Bonchev–Trinajstić information content (AvgIpc) is 2.92. The van der Waals surface area contributed by atoms with Crippen LogP contribution in [0.25, 0.3) is 0 Å². The van der Waals surface area contributed by atoms with Gasteiger partial charge in [-0.05, 0) is 18.6 Å². The number of ether oxygens (including phenoxy) is 3. The van der Waals surface area contributed by atoms with Crippen molar-refractivity contribution in [3.05, 3.63) is 70.9 Å². The molecule has 2 aromatic rings. The molecular formula is C28H36N4O5. The number of carbonyl (C=O) groups excluding carboxylic acids is 2. The highest BCUT2D eigenvalue weighted by Crippen LogP contribution is 2.40. The van der Waals surface area contributed by atoms with Gasteiger partial charge in [-0.25, -0.2) is 9.59 Å². The van der Waals surface area contributed by atoms with E-state index in [1.54, 1.807) is 34.3 Å². The Hall–Kier alpha value is -3.56. The summed E-state index contributed by atoms with van der Waals surface area (Å²) in [7, 11) is 4.79. The van der Waals surface area contributed by atoms with Crippen LogP contribution in [0.5, 0.6) is 11.5 Å². The van der Waals surface area contributed by atoms with Crippen molar-refractivity contribution in [1.82, 2.24) is 20.0 Å². The van der Waals surface area contributed by atoms with E-state index in [1.165, 1.54) is 10.5 Å². The van der Waals surface area contributed by atoms with E-state index in [4.69, 9.17) is 14.2 Å². The van der Waals surface area contributed by atoms with Crippen molar-refractivity contribution in [2.75, 3.05) is 60.6 Å². The molecule has 0 aromatic heterocycles. The molecule has 1 saturated heterocycles. The first-order valence-electron chi connectivity index (χ1n) is 12.6. The van der Waals surface area contributed by atoms with Crippen LogP contribution in [0.15, 0.2) is 59.8 Å². The maximum atomic E-state index is 13.3. The molecule has 2 heterocycles. The molecule has 9 nitrogen and oxygen atoms in total. The lowest BCUT2D eigenvalue weighted by Crippen LogP contribution is -2.52. The fourth-order valence-corrected chi connectivity index (χ4v) is 4.93. The van der Waals surface area contributed by atoms with Crippen LogP contribution in [0.3, 0.4) is 0 Å². The van der Waals surface area contributed by atoms with Gasteiger partial charge in [0.1, 0.15) is 0 Å². The van der Waals surface area contributed by atoms with Crippen LogP contribution in [0, 0.1) is 0 Å². The van der Waals surface area contributed by atoms with Crippen molar-refractivity contribution >= 4 is 12.0 Å². The van der Waals surface area contributed by atoms with E-state index in [0.29, 0.717) is 34.9 Å². The molecule has 1 N–H and O–H groups in total. The summed E-state index contributed by atoms with van der Waals surface area (Å²) in [4.78, 5) is 32.7. The van der Waals surface area contributed by atoms with Gasteiger partial charge in [0.15, 0.2) is 11.5 Å². The van der Waals surface area contributed by atoms with Crippen LogP contribution in [0.2, 0.25) is 0 Å². The molecule has 0 spiro atoms. The fraction of sp³-hybridized carbons (Fsp3) is 0.429. The Morgan fingerprint density at radius 1 is 0.946 bits per heavy atom. The molecule has 1 atom stereocenters. The number of likely N-dealkylation sites (N-methyl/N-ethyl adjacent to an activating group) is 1. The minimum absolute atomic E-state index is 0.230. The van der Waals surface area contributed by atoms with Crippen molar-refractivity contribution in [1.29, 1.82) is 0 Å². The van der Waals surface area contributed by atoms with Gasteiger partial charge in [-0.15, -0.1) is 0 Å². The van der Waals surface area contributed by atoms with Gasteiger partial charge in [0.2, 0.25) is 0 Å². The summed E-state index contributed by atoms with van der Waals surface area (Å²) in [5, 5.41) is 2.97. The summed E-state index contributed by atoms with van der Waals surface area (Å²) < 4.78 is 16.6. The fourth-order valence-electron chi connectivity index (χ4n) is 4.93. The Kier molecular flexibility index (Phi) is 8.68. The number of carbonyl (C=O) groups is 2. The monoisotopic (exact) mass is 508 g/mol. The number of urea groups is 1. The third-order valence-electron chi connectivity index (χ3n) is 6.90. The van der Waals surface area contributed by atoms with Crippen LogP contribution in [-0.4, -0.2) is 87.3 Å². The van der Waals surface area contributed by atoms with Crippen molar-refractivity contribution in [2.24, 2.45) is 0 Å². The molecule has 2 amide bonds. The molecule has 2 aliphatic rings. The summed E-state index contributed by atoms with van der Waals surface area (Å²) in [5.74, 6) is 0.532. The van der Waals surface area contributed by atoms with E-state index in [2.05, 4.69) is 39.4 Å². The number of hydrogen-bond donors (Lipinski definition) is 1. The number of rotatable bonds is 9. The second kappa shape index (κ2) is 12.1. The molecule has 1 unspecified atom stereocenters. The summed E-state index contributed by atoms with van der Waals surface area (Å²) in [6.45, 7) is 6.83. The molecule has 37 heavy (non-hydrogen) atoms. The number of para-hydroxylation sites is 1. The Balaban J connectivity index is 1.62. The molecular weight excluding hydrogens is 472 g/mol. The lowest BCUT2D eigenvalue weighted by Gasteiger charge is -2.39. The van der Waals surface area contributed by atoms with E-state index in [1.807, 2.05) is 18.2 Å². The molecule has 2 aliphatic heterocycles. The molecule has 2 aromatic carbocycles. The third-order valence-corrected chi connectivity index (χ3v) is 6.90. The Morgan fingerprint density at radius 2 is 1.62 bits per heavy atom. The number of benzene rings is 2. The average molecular weight is 509 g/mol. The Labute approximate surface area is 218 Å². The number of hydrogen-bond acceptors (Lipinski definition) is 7. The van der Waals surface area contributed by atoms with Gasteiger partial charge in [-0.1, -0.05) is 42.5 Å². The number of amides is 2. The Bertz CT molecular complexity index is 1130. The zero-order chi connectivity index (χ0) is 26.4. The molecule has 1 fully saturated rings. The molecule has 198 valence electrons. The smallest absolute Gasteiger partial charge is 0.338 e. The highest BCUT2D eigenvalue weighted by molar-refractivity contribution is 5.95. The van der Waals surface area contributed by atoms with Gasteiger partial charge in [0.25, 0.3) is 0 Å². The molecule has 0 bridgehead atoms.